The summed E-state index contributed by atoms with van der Waals surface area (Å²) in [6.45, 7) is 0. The largest absolute Gasteiger partial charge is 0.478 e. The van der Waals surface area contributed by atoms with Gasteiger partial charge in [-0.05, 0) is 12.1 Å². The van der Waals surface area contributed by atoms with Crippen molar-refractivity contribution >= 4 is 17.9 Å². The summed E-state index contributed by atoms with van der Waals surface area (Å²) in [6.07, 6.45) is 0. The minimum Gasteiger partial charge on any atom is -0.478 e. The monoisotopic (exact) mass is 235 g/mol. The number of carboxylic acids is 3. The number of nitriles is 1. The van der Waals surface area contributed by atoms with E-state index in [1.807, 2.05) is 0 Å². The average molecular weight is 235 g/mol. The molecule has 0 atom stereocenters. The van der Waals surface area contributed by atoms with E-state index < -0.39 is 40.2 Å². The highest BCUT2D eigenvalue weighted by Gasteiger charge is 2.22. The van der Waals surface area contributed by atoms with Crippen LogP contribution in [0.3, 0.4) is 0 Å². The molecule has 0 bridgehead atoms. The Balaban J connectivity index is 3.67. The van der Waals surface area contributed by atoms with Gasteiger partial charge in [-0.3, -0.25) is 0 Å². The van der Waals surface area contributed by atoms with Gasteiger partial charge in [0.25, 0.3) is 0 Å². The molecule has 0 aromatic heterocycles. The maximum absolute atomic E-state index is 10.8. The van der Waals surface area contributed by atoms with Gasteiger partial charge >= 0.3 is 17.9 Å². The second-order valence-electron chi connectivity index (χ2n) is 2.97. The summed E-state index contributed by atoms with van der Waals surface area (Å²) in [5, 5.41) is 34.9. The van der Waals surface area contributed by atoms with E-state index in [2.05, 4.69) is 0 Å². The van der Waals surface area contributed by atoms with Crippen molar-refractivity contribution in [3.63, 3.8) is 0 Å². The van der Waals surface area contributed by atoms with Crippen molar-refractivity contribution in [3.05, 3.63) is 34.4 Å². The fourth-order valence-electron chi connectivity index (χ4n) is 1.22. The molecule has 0 aliphatic carbocycles. The van der Waals surface area contributed by atoms with Gasteiger partial charge in [0, 0.05) is 0 Å². The third-order valence-electron chi connectivity index (χ3n) is 1.97. The summed E-state index contributed by atoms with van der Waals surface area (Å²) >= 11 is 0. The number of benzene rings is 1. The van der Waals surface area contributed by atoms with Gasteiger partial charge in [-0.15, -0.1) is 0 Å². The number of hydrogen-bond acceptors (Lipinski definition) is 4. The molecule has 7 heteroatoms. The van der Waals surface area contributed by atoms with Crippen LogP contribution in [0, 0.1) is 11.3 Å². The maximum atomic E-state index is 10.8. The van der Waals surface area contributed by atoms with Crippen molar-refractivity contribution in [3.8, 4) is 6.07 Å². The van der Waals surface area contributed by atoms with E-state index in [1.54, 1.807) is 0 Å². The van der Waals surface area contributed by atoms with Crippen molar-refractivity contribution in [2.75, 3.05) is 0 Å². The number of nitrogens with zero attached hydrogens (tertiary/aromatic N) is 1. The Kier molecular flexibility index (Phi) is 3.10. The van der Waals surface area contributed by atoms with Crippen LogP contribution in [0.4, 0.5) is 0 Å². The van der Waals surface area contributed by atoms with E-state index in [1.165, 1.54) is 6.07 Å². The molecule has 0 aliphatic rings. The smallest absolute Gasteiger partial charge is 0.337 e. The maximum Gasteiger partial charge on any atom is 0.337 e. The lowest BCUT2D eigenvalue weighted by molar-refractivity contribution is 0.0649. The Labute approximate surface area is 94.2 Å². The summed E-state index contributed by atoms with van der Waals surface area (Å²) in [5.74, 6) is -4.62. The van der Waals surface area contributed by atoms with Gasteiger partial charge < -0.3 is 15.3 Å². The van der Waals surface area contributed by atoms with E-state index in [4.69, 9.17) is 20.6 Å². The number of rotatable bonds is 3. The van der Waals surface area contributed by atoms with Crippen LogP contribution in [0.15, 0.2) is 12.1 Å². The molecule has 0 aliphatic heterocycles. The third-order valence-corrected chi connectivity index (χ3v) is 1.97. The summed E-state index contributed by atoms with van der Waals surface area (Å²) in [5.41, 5.74) is -2.25. The number of carboxylic acid groups (broad SMARTS) is 3. The van der Waals surface area contributed by atoms with Crippen molar-refractivity contribution in [2.24, 2.45) is 0 Å². The zero-order chi connectivity index (χ0) is 13.2. The van der Waals surface area contributed by atoms with E-state index >= 15 is 0 Å². The molecule has 0 spiro atoms. The predicted octanol–water partition coefficient (Wildman–Crippen LogP) is 0.653. The Morgan fingerprint density at radius 2 is 1.29 bits per heavy atom. The first-order valence-corrected chi connectivity index (χ1v) is 4.16. The fourth-order valence-corrected chi connectivity index (χ4v) is 1.22. The van der Waals surface area contributed by atoms with Crippen LogP contribution in [0.5, 0.6) is 0 Å². The van der Waals surface area contributed by atoms with Gasteiger partial charge in [0.05, 0.1) is 22.3 Å². The van der Waals surface area contributed by atoms with Crippen LogP contribution in [0.25, 0.3) is 0 Å². The quantitative estimate of drug-likeness (QED) is 0.699. The molecule has 7 nitrogen and oxygen atoms in total. The van der Waals surface area contributed by atoms with E-state index in [-0.39, 0.29) is 0 Å². The lowest BCUT2D eigenvalue weighted by Crippen LogP contribution is -2.12. The van der Waals surface area contributed by atoms with Gasteiger partial charge in [0.15, 0.2) is 0 Å². The lowest BCUT2D eigenvalue weighted by atomic mass is 9.99. The molecule has 0 amide bonds. The normalized spacial score (nSPS) is 9.35. The predicted molar refractivity (Wildman–Crippen MR) is 52.0 cm³/mol. The Morgan fingerprint density at radius 1 is 0.882 bits per heavy atom. The lowest BCUT2D eigenvalue weighted by Gasteiger charge is -2.04. The highest BCUT2D eigenvalue weighted by molar-refractivity contribution is 6.04. The standard InChI is InChI=1S/C10H5NO6/c11-3-4-1-6(9(14)15)7(10(16)17)2-5(4)8(12)13/h1-2H,(H,12,13)(H,14,15)(H,16,17). The molecule has 0 saturated carbocycles. The van der Waals surface area contributed by atoms with Crippen molar-refractivity contribution in [2.45, 2.75) is 0 Å². The SMILES string of the molecule is N#Cc1cc(C(=O)O)c(C(=O)O)cc1C(=O)O. The van der Waals surface area contributed by atoms with E-state index in [9.17, 15) is 14.4 Å². The zero-order valence-corrected chi connectivity index (χ0v) is 8.17. The minimum atomic E-state index is -1.57. The second kappa shape index (κ2) is 4.32. The van der Waals surface area contributed by atoms with Crippen LogP contribution >= 0.6 is 0 Å². The summed E-state index contributed by atoms with van der Waals surface area (Å²) in [6, 6.07) is 2.89. The van der Waals surface area contributed by atoms with Crippen molar-refractivity contribution in [1.82, 2.24) is 0 Å². The van der Waals surface area contributed by atoms with Crippen LogP contribution in [0.2, 0.25) is 0 Å². The minimum absolute atomic E-state index is 0.403. The first-order chi connectivity index (χ1) is 7.88. The van der Waals surface area contributed by atoms with Crippen LogP contribution in [0.1, 0.15) is 36.6 Å². The first-order valence-electron chi connectivity index (χ1n) is 4.16. The van der Waals surface area contributed by atoms with Gasteiger partial charge in [-0.25, -0.2) is 14.4 Å². The molecule has 3 N–H and O–H groups in total. The topological polar surface area (TPSA) is 136 Å². The molecule has 0 saturated heterocycles. The van der Waals surface area contributed by atoms with Crippen LogP contribution in [-0.4, -0.2) is 33.2 Å². The second-order valence-corrected chi connectivity index (χ2v) is 2.97. The summed E-state index contributed by atoms with van der Waals surface area (Å²) < 4.78 is 0. The average Bonchev–Trinajstić information content (AvgIpc) is 2.26. The molecule has 0 radical (unpaired) electrons. The summed E-state index contributed by atoms with van der Waals surface area (Å²) in [4.78, 5) is 32.3. The molecule has 0 unspecified atom stereocenters. The number of hydrogen-bond donors (Lipinski definition) is 3. The fraction of sp³-hybridized carbons (Fsp3) is 0. The highest BCUT2D eigenvalue weighted by atomic mass is 16.4. The van der Waals surface area contributed by atoms with Crippen molar-refractivity contribution < 1.29 is 29.7 Å². The molecular weight excluding hydrogens is 230 g/mol. The Bertz CT molecular complexity index is 569. The van der Waals surface area contributed by atoms with Gasteiger partial charge in [0.1, 0.15) is 6.07 Å². The third kappa shape index (κ3) is 2.21. The molecule has 0 heterocycles. The zero-order valence-electron chi connectivity index (χ0n) is 8.17. The molecule has 1 rings (SSSR count). The van der Waals surface area contributed by atoms with Gasteiger partial charge in [-0.2, -0.15) is 5.26 Å². The molecule has 86 valence electrons. The Hall–Kier alpha value is -2.88. The van der Waals surface area contributed by atoms with Crippen molar-refractivity contribution in [1.29, 1.82) is 5.26 Å². The van der Waals surface area contributed by atoms with Crippen LogP contribution < -0.4 is 0 Å². The van der Waals surface area contributed by atoms with Crippen LogP contribution in [-0.2, 0) is 0 Å². The van der Waals surface area contributed by atoms with Gasteiger partial charge in [0.2, 0.25) is 0 Å². The number of carbonyl (C=O) groups is 3. The first kappa shape index (κ1) is 12.2. The summed E-state index contributed by atoms with van der Waals surface area (Å²) in [7, 11) is 0. The molecule has 17 heavy (non-hydrogen) atoms. The van der Waals surface area contributed by atoms with E-state index in [0.29, 0.717) is 6.07 Å². The molecular formula is C10H5NO6. The highest BCUT2D eigenvalue weighted by Crippen LogP contribution is 2.17. The van der Waals surface area contributed by atoms with Gasteiger partial charge in [-0.1, -0.05) is 0 Å². The van der Waals surface area contributed by atoms with E-state index in [0.717, 1.165) is 6.07 Å². The molecule has 1 aromatic rings. The molecule has 1 aromatic carbocycles. The Morgan fingerprint density at radius 3 is 1.65 bits per heavy atom. The molecule has 0 fully saturated rings. The number of aromatic carboxylic acids is 3.